The number of aromatic nitrogens is 1. The van der Waals surface area contributed by atoms with E-state index in [1.807, 2.05) is 42.3 Å². The lowest BCUT2D eigenvalue weighted by molar-refractivity contribution is -0.121. The van der Waals surface area contributed by atoms with Gasteiger partial charge in [-0.15, -0.1) is 0 Å². The van der Waals surface area contributed by atoms with E-state index < -0.39 is 6.04 Å². The molecule has 0 radical (unpaired) electrons. The Hall–Kier alpha value is -2.92. The first-order valence-electron chi connectivity index (χ1n) is 9.52. The smallest absolute Gasteiger partial charge is 0.247 e. The van der Waals surface area contributed by atoms with Crippen LogP contribution in [0.3, 0.4) is 0 Å². The van der Waals surface area contributed by atoms with E-state index in [4.69, 9.17) is 4.52 Å². The molecule has 146 valence electrons. The van der Waals surface area contributed by atoms with Crippen LogP contribution in [0.4, 0.5) is 5.82 Å². The van der Waals surface area contributed by atoms with Crippen LogP contribution in [-0.4, -0.2) is 23.0 Å². The molecule has 0 aliphatic rings. The highest BCUT2D eigenvalue weighted by atomic mass is 16.5. The van der Waals surface area contributed by atoms with Crippen molar-refractivity contribution in [2.24, 2.45) is 0 Å². The van der Waals surface area contributed by atoms with Crippen molar-refractivity contribution < 1.29 is 9.32 Å². The highest BCUT2D eigenvalue weighted by Crippen LogP contribution is 2.24. The maximum Gasteiger partial charge on any atom is 0.247 e. The molecule has 0 bridgehead atoms. The first-order valence-corrected chi connectivity index (χ1v) is 9.52. The van der Waals surface area contributed by atoms with Gasteiger partial charge in [-0.2, -0.15) is 0 Å². The van der Waals surface area contributed by atoms with Crippen LogP contribution < -0.4 is 5.32 Å². The fourth-order valence-corrected chi connectivity index (χ4v) is 3.25. The third-order valence-electron chi connectivity index (χ3n) is 4.76. The van der Waals surface area contributed by atoms with Crippen molar-refractivity contribution in [2.75, 3.05) is 12.4 Å². The highest BCUT2D eigenvalue weighted by Gasteiger charge is 2.26. The molecular formula is C23H27N3O2. The van der Waals surface area contributed by atoms with Crippen LogP contribution in [0.15, 0.2) is 65.2 Å². The standard InChI is InChI=1S/C23H27N3O2/c1-16(2)19-12-10-18(11-13-19)15-26(4)22(20-8-6-5-7-9-20)23(27)24-21-14-17(3)28-25-21/h5-14,16,22H,15H2,1-4H3,(H,24,25,27)/t22-/m1/s1. The number of nitrogens with zero attached hydrogens (tertiary/aromatic N) is 2. The van der Waals surface area contributed by atoms with Gasteiger partial charge in [-0.3, -0.25) is 9.69 Å². The SMILES string of the molecule is Cc1cc(NC(=O)[C@@H](c2ccccc2)N(C)Cc2ccc(C(C)C)cc2)no1. The zero-order valence-electron chi connectivity index (χ0n) is 16.8. The minimum absolute atomic E-state index is 0.138. The average molecular weight is 377 g/mol. The maximum atomic E-state index is 13.1. The van der Waals surface area contributed by atoms with E-state index in [-0.39, 0.29) is 5.91 Å². The van der Waals surface area contributed by atoms with E-state index in [9.17, 15) is 4.79 Å². The Balaban J connectivity index is 1.80. The van der Waals surface area contributed by atoms with Gasteiger partial charge >= 0.3 is 0 Å². The zero-order chi connectivity index (χ0) is 20.1. The second-order valence-corrected chi connectivity index (χ2v) is 7.44. The van der Waals surface area contributed by atoms with Crippen molar-refractivity contribution in [2.45, 2.75) is 39.3 Å². The molecule has 3 rings (SSSR count). The molecule has 1 N–H and O–H groups in total. The monoisotopic (exact) mass is 377 g/mol. The molecule has 5 nitrogen and oxygen atoms in total. The number of carbonyl (C=O) groups excluding carboxylic acids is 1. The Morgan fingerprint density at radius 3 is 2.32 bits per heavy atom. The van der Waals surface area contributed by atoms with E-state index in [0.29, 0.717) is 24.0 Å². The maximum absolute atomic E-state index is 13.1. The molecule has 1 aromatic heterocycles. The average Bonchev–Trinajstić information content (AvgIpc) is 3.07. The third kappa shape index (κ3) is 4.87. The summed E-state index contributed by atoms with van der Waals surface area (Å²) in [6.07, 6.45) is 0. The van der Waals surface area contributed by atoms with E-state index in [1.165, 1.54) is 5.56 Å². The number of likely N-dealkylation sites (N-methyl/N-ethyl adjacent to an activating group) is 1. The van der Waals surface area contributed by atoms with Crippen molar-refractivity contribution in [1.82, 2.24) is 10.1 Å². The molecule has 1 heterocycles. The molecule has 1 atom stereocenters. The lowest BCUT2D eigenvalue weighted by Crippen LogP contribution is -2.34. The van der Waals surface area contributed by atoms with Crippen LogP contribution in [0, 0.1) is 6.92 Å². The number of hydrogen-bond acceptors (Lipinski definition) is 4. The van der Waals surface area contributed by atoms with Crippen LogP contribution in [0.5, 0.6) is 0 Å². The number of nitrogens with one attached hydrogen (secondary N) is 1. The summed E-state index contributed by atoms with van der Waals surface area (Å²) in [5.41, 5.74) is 3.41. The molecule has 1 amide bonds. The molecule has 0 saturated heterocycles. The molecule has 5 heteroatoms. The van der Waals surface area contributed by atoms with Gasteiger partial charge in [0.15, 0.2) is 5.82 Å². The summed E-state index contributed by atoms with van der Waals surface area (Å²) in [5.74, 6) is 1.45. The first-order chi connectivity index (χ1) is 13.4. The van der Waals surface area contributed by atoms with Crippen molar-refractivity contribution in [3.05, 3.63) is 83.1 Å². The second kappa shape index (κ2) is 8.85. The van der Waals surface area contributed by atoms with E-state index in [0.717, 1.165) is 11.1 Å². The molecule has 0 aliphatic heterocycles. The van der Waals surface area contributed by atoms with Gasteiger partial charge in [0.25, 0.3) is 0 Å². The van der Waals surface area contributed by atoms with E-state index in [2.05, 4.69) is 48.6 Å². The molecule has 0 spiro atoms. The first kappa shape index (κ1) is 19.8. The van der Waals surface area contributed by atoms with Gasteiger partial charge in [-0.1, -0.05) is 73.6 Å². The predicted octanol–water partition coefficient (Wildman–Crippen LogP) is 4.92. The summed E-state index contributed by atoms with van der Waals surface area (Å²) < 4.78 is 5.06. The molecule has 0 saturated carbocycles. The number of rotatable bonds is 7. The summed E-state index contributed by atoms with van der Waals surface area (Å²) in [6, 6.07) is 19.6. The van der Waals surface area contributed by atoms with Crippen molar-refractivity contribution in [1.29, 1.82) is 0 Å². The summed E-state index contributed by atoms with van der Waals surface area (Å²) in [6.45, 7) is 6.82. The Bertz CT molecular complexity index is 901. The Labute approximate surface area is 166 Å². The normalized spacial score (nSPS) is 12.4. The van der Waals surface area contributed by atoms with Gasteiger partial charge in [0.2, 0.25) is 5.91 Å². The van der Waals surface area contributed by atoms with Gasteiger partial charge in [-0.25, -0.2) is 0 Å². The van der Waals surface area contributed by atoms with Gasteiger partial charge in [0.05, 0.1) is 0 Å². The molecule has 3 aromatic rings. The van der Waals surface area contributed by atoms with Crippen LogP contribution in [0.25, 0.3) is 0 Å². The van der Waals surface area contributed by atoms with E-state index >= 15 is 0 Å². The summed E-state index contributed by atoms with van der Waals surface area (Å²) in [4.78, 5) is 15.1. The number of anilines is 1. The van der Waals surface area contributed by atoms with Gasteiger partial charge in [0.1, 0.15) is 11.8 Å². The minimum Gasteiger partial charge on any atom is -0.360 e. The summed E-state index contributed by atoms with van der Waals surface area (Å²) >= 11 is 0. The molecular weight excluding hydrogens is 350 g/mol. The fraction of sp³-hybridized carbons (Fsp3) is 0.304. The zero-order valence-corrected chi connectivity index (χ0v) is 16.8. The highest BCUT2D eigenvalue weighted by molar-refractivity contribution is 5.94. The van der Waals surface area contributed by atoms with Gasteiger partial charge in [0, 0.05) is 12.6 Å². The van der Waals surface area contributed by atoms with Gasteiger partial charge in [-0.05, 0) is 36.6 Å². The summed E-state index contributed by atoms with van der Waals surface area (Å²) in [5, 5.41) is 6.74. The van der Waals surface area contributed by atoms with Crippen LogP contribution in [-0.2, 0) is 11.3 Å². The topological polar surface area (TPSA) is 58.4 Å². The van der Waals surface area contributed by atoms with Crippen LogP contribution in [0.2, 0.25) is 0 Å². The van der Waals surface area contributed by atoms with Gasteiger partial charge < -0.3 is 9.84 Å². The number of hydrogen-bond donors (Lipinski definition) is 1. The number of benzene rings is 2. The molecule has 28 heavy (non-hydrogen) atoms. The van der Waals surface area contributed by atoms with Crippen molar-refractivity contribution in [3.63, 3.8) is 0 Å². The molecule has 0 unspecified atom stereocenters. The predicted molar refractivity (Wildman–Crippen MR) is 111 cm³/mol. The largest absolute Gasteiger partial charge is 0.360 e. The fourth-order valence-electron chi connectivity index (χ4n) is 3.25. The van der Waals surface area contributed by atoms with Crippen LogP contribution in [0.1, 0.15) is 48.3 Å². The molecule has 0 aliphatic carbocycles. The van der Waals surface area contributed by atoms with Crippen molar-refractivity contribution >= 4 is 11.7 Å². The second-order valence-electron chi connectivity index (χ2n) is 7.44. The molecule has 0 fully saturated rings. The van der Waals surface area contributed by atoms with Crippen molar-refractivity contribution in [3.8, 4) is 0 Å². The number of amides is 1. The van der Waals surface area contributed by atoms with E-state index in [1.54, 1.807) is 13.0 Å². The number of aryl methyl sites for hydroxylation is 1. The lowest BCUT2D eigenvalue weighted by Gasteiger charge is -2.27. The lowest BCUT2D eigenvalue weighted by atomic mass is 10.0. The quantitative estimate of drug-likeness (QED) is 0.635. The Kier molecular flexibility index (Phi) is 6.26. The Morgan fingerprint density at radius 1 is 1.07 bits per heavy atom. The third-order valence-corrected chi connectivity index (χ3v) is 4.76. The minimum atomic E-state index is -0.442. The number of carbonyl (C=O) groups is 1. The van der Waals surface area contributed by atoms with Crippen LogP contribution >= 0.6 is 0 Å². The summed E-state index contributed by atoms with van der Waals surface area (Å²) in [7, 11) is 1.96. The Morgan fingerprint density at radius 2 is 1.75 bits per heavy atom. The molecule has 2 aromatic carbocycles.